The van der Waals surface area contributed by atoms with Crippen LogP contribution in [0.5, 0.6) is 0 Å². The van der Waals surface area contributed by atoms with Crippen molar-refractivity contribution in [1.29, 1.82) is 0 Å². The fraction of sp³-hybridized carbons (Fsp3) is 0.364. The number of halogens is 1. The highest BCUT2D eigenvalue weighted by atomic mass is 79.9. The zero-order valence-corrected chi connectivity index (χ0v) is 9.84. The number of Topliss-reactive ketones (excluding diaryl/α,β-unsaturated/α-hetero) is 1. The predicted molar refractivity (Wildman–Crippen MR) is 59.4 cm³/mol. The van der Waals surface area contributed by atoms with E-state index < -0.39 is 5.60 Å². The Morgan fingerprint density at radius 2 is 2.14 bits per heavy atom. The summed E-state index contributed by atoms with van der Waals surface area (Å²) in [6.07, 6.45) is 0.142. The lowest BCUT2D eigenvalue weighted by atomic mass is 9.98. The van der Waals surface area contributed by atoms with Gasteiger partial charge in [0.1, 0.15) is 0 Å². The van der Waals surface area contributed by atoms with E-state index in [0.717, 1.165) is 4.47 Å². The Kier molecular flexibility index (Phi) is 3.45. The Balaban J connectivity index is 2.80. The summed E-state index contributed by atoms with van der Waals surface area (Å²) < 4.78 is 0.874. The normalized spacial score (nSPS) is 11.4. The van der Waals surface area contributed by atoms with Crippen LogP contribution in [0.3, 0.4) is 0 Å². The molecule has 14 heavy (non-hydrogen) atoms. The van der Waals surface area contributed by atoms with E-state index in [-0.39, 0.29) is 12.2 Å². The molecule has 0 aromatic heterocycles. The summed E-state index contributed by atoms with van der Waals surface area (Å²) in [5, 5.41) is 9.49. The fourth-order valence-corrected chi connectivity index (χ4v) is 1.56. The Labute approximate surface area is 92.1 Å². The maximum atomic E-state index is 11.6. The maximum absolute atomic E-state index is 11.6. The standard InChI is InChI=1S/C11H13BrO2/c1-11(2,14)7-10(13)8-4-3-5-9(12)6-8/h3-6,14H,7H2,1-2H3. The molecule has 0 bridgehead atoms. The third-order valence-electron chi connectivity index (χ3n) is 1.74. The number of carbonyl (C=O) groups is 1. The Bertz CT molecular complexity index is 339. The third kappa shape index (κ3) is 3.60. The van der Waals surface area contributed by atoms with E-state index in [1.165, 1.54) is 0 Å². The van der Waals surface area contributed by atoms with Gasteiger partial charge in [0, 0.05) is 16.5 Å². The summed E-state index contributed by atoms with van der Waals surface area (Å²) in [6.45, 7) is 3.26. The van der Waals surface area contributed by atoms with Crippen LogP contribution in [-0.4, -0.2) is 16.5 Å². The first-order chi connectivity index (χ1) is 6.38. The summed E-state index contributed by atoms with van der Waals surface area (Å²) in [4.78, 5) is 11.6. The topological polar surface area (TPSA) is 37.3 Å². The van der Waals surface area contributed by atoms with Crippen LogP contribution in [0.2, 0.25) is 0 Å². The first-order valence-electron chi connectivity index (χ1n) is 4.40. The molecule has 0 aliphatic carbocycles. The van der Waals surface area contributed by atoms with Crippen molar-refractivity contribution < 1.29 is 9.90 Å². The first-order valence-corrected chi connectivity index (χ1v) is 5.19. The molecule has 0 spiro atoms. The van der Waals surface area contributed by atoms with Crippen molar-refractivity contribution in [3.8, 4) is 0 Å². The van der Waals surface area contributed by atoms with Gasteiger partial charge in [0.2, 0.25) is 0 Å². The molecule has 0 atom stereocenters. The van der Waals surface area contributed by atoms with Gasteiger partial charge in [-0.25, -0.2) is 0 Å². The smallest absolute Gasteiger partial charge is 0.165 e. The van der Waals surface area contributed by atoms with Gasteiger partial charge >= 0.3 is 0 Å². The molecule has 0 saturated carbocycles. The van der Waals surface area contributed by atoms with Gasteiger partial charge in [-0.3, -0.25) is 4.79 Å². The molecule has 1 rings (SSSR count). The second kappa shape index (κ2) is 4.24. The lowest BCUT2D eigenvalue weighted by Gasteiger charge is -2.15. The minimum Gasteiger partial charge on any atom is -0.390 e. The average Bonchev–Trinajstić information content (AvgIpc) is 2.01. The molecule has 0 aliphatic heterocycles. The molecule has 76 valence electrons. The van der Waals surface area contributed by atoms with E-state index in [1.54, 1.807) is 26.0 Å². The number of benzene rings is 1. The molecule has 1 N–H and O–H groups in total. The predicted octanol–water partition coefficient (Wildman–Crippen LogP) is 2.79. The van der Waals surface area contributed by atoms with E-state index in [2.05, 4.69) is 15.9 Å². The Hall–Kier alpha value is -0.670. The van der Waals surface area contributed by atoms with Gasteiger partial charge in [0.15, 0.2) is 5.78 Å². The lowest BCUT2D eigenvalue weighted by molar-refractivity contribution is 0.0587. The second-order valence-electron chi connectivity index (χ2n) is 3.92. The molecular weight excluding hydrogens is 244 g/mol. The van der Waals surface area contributed by atoms with Crippen molar-refractivity contribution >= 4 is 21.7 Å². The van der Waals surface area contributed by atoms with Crippen molar-refractivity contribution in [3.05, 3.63) is 34.3 Å². The lowest BCUT2D eigenvalue weighted by Crippen LogP contribution is -2.23. The number of carbonyl (C=O) groups excluding carboxylic acids is 1. The van der Waals surface area contributed by atoms with Crippen LogP contribution < -0.4 is 0 Å². The highest BCUT2D eigenvalue weighted by Crippen LogP contribution is 2.16. The average molecular weight is 257 g/mol. The monoisotopic (exact) mass is 256 g/mol. The van der Waals surface area contributed by atoms with Crippen molar-refractivity contribution in [2.24, 2.45) is 0 Å². The van der Waals surface area contributed by atoms with Crippen LogP contribution in [0, 0.1) is 0 Å². The molecule has 0 fully saturated rings. The minimum absolute atomic E-state index is 0.0428. The van der Waals surface area contributed by atoms with E-state index in [0.29, 0.717) is 5.56 Å². The summed E-state index contributed by atoms with van der Waals surface area (Å²) >= 11 is 3.30. The molecule has 0 amide bonds. The van der Waals surface area contributed by atoms with Crippen molar-refractivity contribution in [2.75, 3.05) is 0 Å². The van der Waals surface area contributed by atoms with Gasteiger partial charge < -0.3 is 5.11 Å². The van der Waals surface area contributed by atoms with Crippen LogP contribution in [0.4, 0.5) is 0 Å². The highest BCUT2D eigenvalue weighted by Gasteiger charge is 2.18. The van der Waals surface area contributed by atoms with Gasteiger partial charge in [-0.2, -0.15) is 0 Å². The SMILES string of the molecule is CC(C)(O)CC(=O)c1cccc(Br)c1. The maximum Gasteiger partial charge on any atom is 0.165 e. The molecule has 0 unspecified atom stereocenters. The van der Waals surface area contributed by atoms with Crippen LogP contribution >= 0.6 is 15.9 Å². The molecule has 1 aromatic rings. The third-order valence-corrected chi connectivity index (χ3v) is 2.23. The summed E-state index contributed by atoms with van der Waals surface area (Å²) in [6, 6.07) is 7.18. The van der Waals surface area contributed by atoms with E-state index >= 15 is 0 Å². The van der Waals surface area contributed by atoms with Crippen molar-refractivity contribution in [1.82, 2.24) is 0 Å². The van der Waals surface area contributed by atoms with Crippen molar-refractivity contribution in [3.63, 3.8) is 0 Å². The van der Waals surface area contributed by atoms with Crippen LogP contribution in [0.25, 0.3) is 0 Å². The van der Waals surface area contributed by atoms with Crippen LogP contribution in [0.1, 0.15) is 30.6 Å². The fourth-order valence-electron chi connectivity index (χ4n) is 1.16. The van der Waals surface area contributed by atoms with E-state index in [1.807, 2.05) is 12.1 Å². The molecule has 3 heteroatoms. The van der Waals surface area contributed by atoms with Gasteiger partial charge in [0.25, 0.3) is 0 Å². The number of ketones is 1. The van der Waals surface area contributed by atoms with Gasteiger partial charge in [-0.15, -0.1) is 0 Å². The largest absolute Gasteiger partial charge is 0.390 e. The zero-order valence-electron chi connectivity index (χ0n) is 8.25. The van der Waals surface area contributed by atoms with Gasteiger partial charge in [0.05, 0.1) is 5.60 Å². The molecule has 0 radical (unpaired) electrons. The first kappa shape index (κ1) is 11.4. The van der Waals surface area contributed by atoms with E-state index in [9.17, 15) is 9.90 Å². The van der Waals surface area contributed by atoms with E-state index in [4.69, 9.17) is 0 Å². The summed E-state index contributed by atoms with van der Waals surface area (Å²) in [7, 11) is 0. The van der Waals surface area contributed by atoms with Crippen LogP contribution in [-0.2, 0) is 0 Å². The Morgan fingerprint density at radius 1 is 1.50 bits per heavy atom. The zero-order chi connectivity index (χ0) is 10.8. The minimum atomic E-state index is -0.945. The van der Waals surface area contributed by atoms with Gasteiger partial charge in [-0.1, -0.05) is 28.1 Å². The summed E-state index contributed by atoms with van der Waals surface area (Å²) in [5.41, 5.74) is -0.319. The molecule has 2 nitrogen and oxygen atoms in total. The molecule has 0 heterocycles. The number of hydrogen-bond donors (Lipinski definition) is 1. The van der Waals surface area contributed by atoms with Crippen molar-refractivity contribution in [2.45, 2.75) is 25.9 Å². The molecular formula is C11H13BrO2. The van der Waals surface area contributed by atoms with Gasteiger partial charge in [-0.05, 0) is 26.0 Å². The quantitative estimate of drug-likeness (QED) is 0.845. The molecule has 1 aromatic carbocycles. The number of aliphatic hydroxyl groups is 1. The molecule has 0 aliphatic rings. The molecule has 0 saturated heterocycles. The summed E-state index contributed by atoms with van der Waals surface area (Å²) in [5.74, 6) is -0.0428. The van der Waals surface area contributed by atoms with Crippen LogP contribution in [0.15, 0.2) is 28.7 Å². The highest BCUT2D eigenvalue weighted by molar-refractivity contribution is 9.10. The second-order valence-corrected chi connectivity index (χ2v) is 4.84. The Morgan fingerprint density at radius 3 is 2.64 bits per heavy atom. The number of hydrogen-bond acceptors (Lipinski definition) is 2. The number of rotatable bonds is 3.